The normalized spacial score (nSPS) is 13.0. The first-order valence-corrected chi connectivity index (χ1v) is 3.75. The number of nitrogens with two attached hydrogens (primary N) is 1. The van der Waals surface area contributed by atoms with Crippen LogP contribution < -0.4 is 11.1 Å². The van der Waals surface area contributed by atoms with Crippen molar-refractivity contribution in [2.75, 3.05) is 6.54 Å². The lowest BCUT2D eigenvalue weighted by molar-refractivity contribution is -0.120. The average molecular weight is 144 g/mol. The van der Waals surface area contributed by atoms with E-state index in [0.717, 1.165) is 19.4 Å². The van der Waals surface area contributed by atoms with Crippen molar-refractivity contribution >= 4 is 5.91 Å². The Morgan fingerprint density at radius 1 is 1.60 bits per heavy atom. The summed E-state index contributed by atoms with van der Waals surface area (Å²) in [6, 6.07) is -0.139. The first-order valence-electron chi connectivity index (χ1n) is 3.75. The highest BCUT2D eigenvalue weighted by atomic mass is 16.1. The fraction of sp³-hybridized carbons (Fsp3) is 0.857. The lowest BCUT2D eigenvalue weighted by Gasteiger charge is -2.11. The lowest BCUT2D eigenvalue weighted by Crippen LogP contribution is -2.40. The van der Waals surface area contributed by atoms with Gasteiger partial charge in [-0.1, -0.05) is 13.8 Å². The number of primary amides is 1. The summed E-state index contributed by atoms with van der Waals surface area (Å²) in [5, 5.41) is 3.04. The predicted molar refractivity (Wildman–Crippen MR) is 41.6 cm³/mol. The van der Waals surface area contributed by atoms with E-state index in [2.05, 4.69) is 12.2 Å². The SMILES string of the molecule is CCCNC(CC)C(N)=O. The van der Waals surface area contributed by atoms with Crippen molar-refractivity contribution in [3.8, 4) is 0 Å². The van der Waals surface area contributed by atoms with Gasteiger partial charge in [0, 0.05) is 0 Å². The van der Waals surface area contributed by atoms with Gasteiger partial charge in [-0.15, -0.1) is 0 Å². The molecule has 1 atom stereocenters. The largest absolute Gasteiger partial charge is 0.368 e. The summed E-state index contributed by atoms with van der Waals surface area (Å²) in [5.74, 6) is -0.254. The molecular weight excluding hydrogens is 128 g/mol. The summed E-state index contributed by atoms with van der Waals surface area (Å²) in [7, 11) is 0. The zero-order valence-electron chi connectivity index (χ0n) is 6.68. The van der Waals surface area contributed by atoms with Crippen LogP contribution in [0.1, 0.15) is 26.7 Å². The van der Waals surface area contributed by atoms with E-state index >= 15 is 0 Å². The second-order valence-corrected chi connectivity index (χ2v) is 2.32. The van der Waals surface area contributed by atoms with Gasteiger partial charge >= 0.3 is 0 Å². The van der Waals surface area contributed by atoms with Gasteiger partial charge in [-0.25, -0.2) is 0 Å². The van der Waals surface area contributed by atoms with Crippen LogP contribution in [0.25, 0.3) is 0 Å². The van der Waals surface area contributed by atoms with E-state index in [9.17, 15) is 4.79 Å². The van der Waals surface area contributed by atoms with Crippen LogP contribution in [-0.4, -0.2) is 18.5 Å². The van der Waals surface area contributed by atoms with Crippen LogP contribution in [0.15, 0.2) is 0 Å². The van der Waals surface area contributed by atoms with E-state index in [0.29, 0.717) is 0 Å². The summed E-state index contributed by atoms with van der Waals surface area (Å²) < 4.78 is 0. The zero-order valence-corrected chi connectivity index (χ0v) is 6.68. The maximum atomic E-state index is 10.6. The molecule has 0 saturated carbocycles. The molecule has 0 rings (SSSR count). The molecule has 1 amide bonds. The van der Waals surface area contributed by atoms with Crippen molar-refractivity contribution in [1.29, 1.82) is 0 Å². The van der Waals surface area contributed by atoms with Gasteiger partial charge in [0.05, 0.1) is 6.04 Å². The molecule has 0 saturated heterocycles. The Balaban J connectivity index is 3.50. The number of amides is 1. The molecular formula is C7H16N2O. The van der Waals surface area contributed by atoms with Gasteiger partial charge in [0.15, 0.2) is 0 Å². The van der Waals surface area contributed by atoms with Gasteiger partial charge in [-0.05, 0) is 19.4 Å². The lowest BCUT2D eigenvalue weighted by atomic mass is 10.2. The van der Waals surface area contributed by atoms with Crippen molar-refractivity contribution in [1.82, 2.24) is 5.32 Å². The Kier molecular flexibility index (Phi) is 4.94. The number of hydrogen-bond acceptors (Lipinski definition) is 2. The maximum absolute atomic E-state index is 10.6. The molecule has 10 heavy (non-hydrogen) atoms. The maximum Gasteiger partial charge on any atom is 0.234 e. The van der Waals surface area contributed by atoms with Gasteiger partial charge in [-0.3, -0.25) is 4.79 Å². The average Bonchev–Trinajstić information content (AvgIpc) is 1.89. The molecule has 0 heterocycles. The first-order chi connectivity index (χ1) is 4.72. The van der Waals surface area contributed by atoms with E-state index in [1.54, 1.807) is 0 Å². The number of rotatable bonds is 5. The van der Waals surface area contributed by atoms with Crippen molar-refractivity contribution in [2.24, 2.45) is 5.73 Å². The molecule has 0 radical (unpaired) electrons. The minimum atomic E-state index is -0.254. The topological polar surface area (TPSA) is 55.1 Å². The summed E-state index contributed by atoms with van der Waals surface area (Å²) in [4.78, 5) is 10.6. The Morgan fingerprint density at radius 2 is 2.20 bits per heavy atom. The summed E-state index contributed by atoms with van der Waals surface area (Å²) in [6.45, 7) is 4.86. The molecule has 0 aromatic heterocycles. The molecule has 3 heteroatoms. The van der Waals surface area contributed by atoms with Crippen molar-refractivity contribution in [2.45, 2.75) is 32.7 Å². The Morgan fingerprint density at radius 3 is 2.50 bits per heavy atom. The van der Waals surface area contributed by atoms with Crippen LogP contribution in [0.3, 0.4) is 0 Å². The molecule has 0 aromatic rings. The smallest absolute Gasteiger partial charge is 0.234 e. The Hall–Kier alpha value is -0.570. The molecule has 0 fully saturated rings. The Bertz CT molecular complexity index is 104. The molecule has 60 valence electrons. The van der Waals surface area contributed by atoms with Gasteiger partial charge in [0.1, 0.15) is 0 Å². The number of carbonyl (C=O) groups excluding carboxylic acids is 1. The van der Waals surface area contributed by atoms with E-state index in [-0.39, 0.29) is 11.9 Å². The third kappa shape index (κ3) is 3.45. The highest BCUT2D eigenvalue weighted by molar-refractivity contribution is 5.79. The Labute approximate surface area is 62.0 Å². The first kappa shape index (κ1) is 9.43. The molecule has 0 aliphatic heterocycles. The summed E-state index contributed by atoms with van der Waals surface area (Å²) in [6.07, 6.45) is 1.80. The quantitative estimate of drug-likeness (QED) is 0.581. The van der Waals surface area contributed by atoms with Crippen LogP contribution in [0.2, 0.25) is 0 Å². The fourth-order valence-corrected chi connectivity index (χ4v) is 0.765. The highest BCUT2D eigenvalue weighted by Gasteiger charge is 2.09. The highest BCUT2D eigenvalue weighted by Crippen LogP contribution is 1.88. The van der Waals surface area contributed by atoms with Crippen LogP contribution in [-0.2, 0) is 4.79 Å². The second kappa shape index (κ2) is 5.23. The molecule has 3 nitrogen and oxygen atoms in total. The third-order valence-corrected chi connectivity index (χ3v) is 1.39. The monoisotopic (exact) mass is 144 g/mol. The minimum Gasteiger partial charge on any atom is -0.368 e. The van der Waals surface area contributed by atoms with Crippen LogP contribution >= 0.6 is 0 Å². The minimum absolute atomic E-state index is 0.139. The third-order valence-electron chi connectivity index (χ3n) is 1.39. The van der Waals surface area contributed by atoms with Crippen LogP contribution in [0, 0.1) is 0 Å². The van der Waals surface area contributed by atoms with Gasteiger partial charge < -0.3 is 11.1 Å². The summed E-state index contributed by atoms with van der Waals surface area (Å²) in [5.41, 5.74) is 5.09. The van der Waals surface area contributed by atoms with Crippen molar-refractivity contribution < 1.29 is 4.79 Å². The van der Waals surface area contributed by atoms with E-state index in [1.165, 1.54) is 0 Å². The molecule has 0 aliphatic carbocycles. The molecule has 3 N–H and O–H groups in total. The van der Waals surface area contributed by atoms with Gasteiger partial charge in [0.25, 0.3) is 0 Å². The van der Waals surface area contributed by atoms with E-state index in [1.807, 2.05) is 6.92 Å². The van der Waals surface area contributed by atoms with E-state index in [4.69, 9.17) is 5.73 Å². The molecule has 0 bridgehead atoms. The standard InChI is InChI=1S/C7H16N2O/c1-3-5-9-6(4-2)7(8)10/h6,9H,3-5H2,1-2H3,(H2,8,10). The van der Waals surface area contributed by atoms with Gasteiger partial charge in [-0.2, -0.15) is 0 Å². The molecule has 1 unspecified atom stereocenters. The van der Waals surface area contributed by atoms with Crippen molar-refractivity contribution in [3.05, 3.63) is 0 Å². The van der Waals surface area contributed by atoms with Crippen LogP contribution in [0.5, 0.6) is 0 Å². The second-order valence-electron chi connectivity index (χ2n) is 2.32. The molecule has 0 aromatic carbocycles. The number of carbonyl (C=O) groups is 1. The van der Waals surface area contributed by atoms with E-state index < -0.39 is 0 Å². The predicted octanol–water partition coefficient (Wildman–Crippen LogP) is 0.250. The zero-order chi connectivity index (χ0) is 7.98. The van der Waals surface area contributed by atoms with Crippen LogP contribution in [0.4, 0.5) is 0 Å². The van der Waals surface area contributed by atoms with Crippen molar-refractivity contribution in [3.63, 3.8) is 0 Å². The van der Waals surface area contributed by atoms with Gasteiger partial charge in [0.2, 0.25) is 5.91 Å². The number of nitrogens with one attached hydrogen (secondary N) is 1. The number of hydrogen-bond donors (Lipinski definition) is 2. The fourth-order valence-electron chi connectivity index (χ4n) is 0.765. The molecule has 0 aliphatic rings. The molecule has 0 spiro atoms. The summed E-state index contributed by atoms with van der Waals surface area (Å²) >= 11 is 0.